The van der Waals surface area contributed by atoms with Crippen molar-refractivity contribution < 1.29 is 9.47 Å². The van der Waals surface area contributed by atoms with Crippen LogP contribution in [-0.4, -0.2) is 36.8 Å². The van der Waals surface area contributed by atoms with E-state index >= 15 is 0 Å². The van der Waals surface area contributed by atoms with Crippen LogP contribution in [0.4, 0.5) is 5.82 Å². The molecule has 0 saturated carbocycles. The fourth-order valence-corrected chi connectivity index (χ4v) is 1.05. The Kier molecular flexibility index (Phi) is 5.56. The van der Waals surface area contributed by atoms with Gasteiger partial charge in [-0.05, 0) is 5.92 Å². The van der Waals surface area contributed by atoms with Crippen LogP contribution in [0.25, 0.3) is 0 Å². The summed E-state index contributed by atoms with van der Waals surface area (Å²) in [5, 5.41) is 3.21. The topological polar surface area (TPSA) is 56.3 Å². The molecule has 5 nitrogen and oxygen atoms in total. The number of anilines is 1. The first kappa shape index (κ1) is 12.7. The number of hydrogen-bond donors (Lipinski definition) is 1. The zero-order chi connectivity index (χ0) is 11.8. The van der Waals surface area contributed by atoms with Crippen molar-refractivity contribution in [3.05, 3.63) is 12.4 Å². The van der Waals surface area contributed by atoms with Crippen molar-refractivity contribution in [3.63, 3.8) is 0 Å². The molecule has 0 radical (unpaired) electrons. The molecule has 1 rings (SSSR count). The molecule has 1 aromatic rings. The lowest BCUT2D eigenvalue weighted by Gasteiger charge is -2.09. The minimum Gasteiger partial charge on any atom is -0.475 e. The highest BCUT2D eigenvalue weighted by atomic mass is 16.5. The highest BCUT2D eigenvalue weighted by molar-refractivity contribution is 5.36. The molecule has 0 atom stereocenters. The first-order valence-electron chi connectivity index (χ1n) is 5.40. The quantitative estimate of drug-likeness (QED) is 0.714. The van der Waals surface area contributed by atoms with Crippen molar-refractivity contribution in [1.29, 1.82) is 0 Å². The third-order valence-corrected chi connectivity index (χ3v) is 1.87. The minimum absolute atomic E-state index is 0.497. The summed E-state index contributed by atoms with van der Waals surface area (Å²) >= 11 is 0. The number of nitrogens with one attached hydrogen (secondary N) is 1. The summed E-state index contributed by atoms with van der Waals surface area (Å²) in [7, 11) is 1.64. The number of rotatable bonds is 7. The zero-order valence-corrected chi connectivity index (χ0v) is 10.1. The molecule has 16 heavy (non-hydrogen) atoms. The second-order valence-electron chi connectivity index (χ2n) is 3.86. The lowest BCUT2D eigenvalue weighted by molar-refractivity contribution is 0.143. The van der Waals surface area contributed by atoms with Crippen LogP contribution < -0.4 is 10.1 Å². The van der Waals surface area contributed by atoms with E-state index in [1.54, 1.807) is 13.2 Å². The van der Waals surface area contributed by atoms with Gasteiger partial charge in [0.05, 0.1) is 6.61 Å². The molecule has 5 heteroatoms. The van der Waals surface area contributed by atoms with E-state index < -0.39 is 0 Å². The van der Waals surface area contributed by atoms with Gasteiger partial charge >= 0.3 is 0 Å². The van der Waals surface area contributed by atoms with E-state index in [9.17, 15) is 0 Å². The Morgan fingerprint density at radius 3 is 2.81 bits per heavy atom. The normalized spacial score (nSPS) is 10.5. The van der Waals surface area contributed by atoms with Crippen LogP contribution in [0.1, 0.15) is 13.8 Å². The van der Waals surface area contributed by atoms with Gasteiger partial charge in [-0.1, -0.05) is 13.8 Å². The molecule has 0 bridgehead atoms. The van der Waals surface area contributed by atoms with E-state index in [0.29, 0.717) is 25.0 Å². The minimum atomic E-state index is 0.497. The lowest BCUT2D eigenvalue weighted by Crippen LogP contribution is -2.10. The van der Waals surface area contributed by atoms with Gasteiger partial charge < -0.3 is 14.8 Å². The summed E-state index contributed by atoms with van der Waals surface area (Å²) in [5.74, 6) is 1.93. The van der Waals surface area contributed by atoms with Crippen LogP contribution in [0.3, 0.4) is 0 Å². The van der Waals surface area contributed by atoms with Gasteiger partial charge in [-0.15, -0.1) is 0 Å². The van der Waals surface area contributed by atoms with Crippen molar-refractivity contribution in [2.24, 2.45) is 5.92 Å². The van der Waals surface area contributed by atoms with Crippen molar-refractivity contribution in [3.8, 4) is 5.88 Å². The molecule has 90 valence electrons. The maximum absolute atomic E-state index is 5.38. The van der Waals surface area contributed by atoms with Gasteiger partial charge in [0.1, 0.15) is 18.8 Å². The fourth-order valence-electron chi connectivity index (χ4n) is 1.05. The van der Waals surface area contributed by atoms with E-state index in [0.717, 1.165) is 12.4 Å². The summed E-state index contributed by atoms with van der Waals surface area (Å²) < 4.78 is 10.3. The predicted molar refractivity (Wildman–Crippen MR) is 62.7 cm³/mol. The summed E-state index contributed by atoms with van der Waals surface area (Å²) in [6.45, 7) is 6.22. The Bertz CT molecular complexity index is 305. The maximum Gasteiger partial charge on any atom is 0.218 e. The highest BCUT2D eigenvalue weighted by Crippen LogP contribution is 2.11. The van der Waals surface area contributed by atoms with Crippen LogP contribution in [0, 0.1) is 5.92 Å². The highest BCUT2D eigenvalue weighted by Gasteiger charge is 2.00. The van der Waals surface area contributed by atoms with Crippen LogP contribution in [0.2, 0.25) is 0 Å². The van der Waals surface area contributed by atoms with Crippen molar-refractivity contribution >= 4 is 5.82 Å². The van der Waals surface area contributed by atoms with Crippen LogP contribution in [0.15, 0.2) is 12.4 Å². The van der Waals surface area contributed by atoms with Crippen molar-refractivity contribution in [1.82, 2.24) is 9.97 Å². The van der Waals surface area contributed by atoms with Gasteiger partial charge in [0.25, 0.3) is 0 Å². The van der Waals surface area contributed by atoms with Gasteiger partial charge in [0, 0.05) is 19.7 Å². The molecule has 0 aromatic carbocycles. The average molecular weight is 225 g/mol. The Balaban J connectivity index is 2.43. The molecule has 0 spiro atoms. The van der Waals surface area contributed by atoms with Crippen LogP contribution >= 0.6 is 0 Å². The summed E-state index contributed by atoms with van der Waals surface area (Å²) in [5.41, 5.74) is 0. The molecule has 0 aliphatic carbocycles. The predicted octanol–water partition coefficient (Wildman–Crippen LogP) is 1.57. The molecule has 1 aromatic heterocycles. The van der Waals surface area contributed by atoms with E-state index in [4.69, 9.17) is 9.47 Å². The fraction of sp³-hybridized carbons (Fsp3) is 0.636. The second-order valence-corrected chi connectivity index (χ2v) is 3.86. The maximum atomic E-state index is 5.38. The summed E-state index contributed by atoms with van der Waals surface area (Å²) in [6.07, 6.45) is 1.49. The van der Waals surface area contributed by atoms with E-state index in [1.807, 2.05) is 0 Å². The van der Waals surface area contributed by atoms with Gasteiger partial charge in [-0.3, -0.25) is 0 Å². The summed E-state index contributed by atoms with van der Waals surface area (Å²) in [4.78, 5) is 8.12. The van der Waals surface area contributed by atoms with Gasteiger partial charge in [0.15, 0.2) is 0 Å². The van der Waals surface area contributed by atoms with E-state index in [2.05, 4.69) is 29.1 Å². The van der Waals surface area contributed by atoms with Gasteiger partial charge in [0.2, 0.25) is 5.88 Å². The Labute approximate surface area is 96.2 Å². The molecule has 1 heterocycles. The molecule has 0 aliphatic heterocycles. The van der Waals surface area contributed by atoms with Crippen molar-refractivity contribution in [2.75, 3.05) is 32.2 Å². The van der Waals surface area contributed by atoms with Crippen molar-refractivity contribution in [2.45, 2.75) is 13.8 Å². The Morgan fingerprint density at radius 1 is 1.31 bits per heavy atom. The largest absolute Gasteiger partial charge is 0.475 e. The van der Waals surface area contributed by atoms with Crippen LogP contribution in [-0.2, 0) is 4.74 Å². The molecular formula is C11H19N3O2. The number of aromatic nitrogens is 2. The number of nitrogens with zero attached hydrogens (tertiary/aromatic N) is 2. The Morgan fingerprint density at radius 2 is 2.12 bits per heavy atom. The first-order chi connectivity index (χ1) is 7.72. The molecule has 0 amide bonds. The average Bonchev–Trinajstić information content (AvgIpc) is 2.27. The molecule has 0 saturated heterocycles. The third kappa shape index (κ3) is 4.93. The van der Waals surface area contributed by atoms with Crippen LogP contribution in [0.5, 0.6) is 5.88 Å². The molecule has 0 fully saturated rings. The van der Waals surface area contributed by atoms with Gasteiger partial charge in [-0.2, -0.15) is 0 Å². The Hall–Kier alpha value is -1.36. The lowest BCUT2D eigenvalue weighted by atomic mass is 10.2. The first-order valence-corrected chi connectivity index (χ1v) is 5.40. The summed E-state index contributed by atoms with van der Waals surface area (Å²) in [6, 6.07) is 1.79. The second kappa shape index (κ2) is 7.00. The van der Waals surface area contributed by atoms with E-state index in [-0.39, 0.29) is 0 Å². The number of ether oxygens (including phenoxy) is 2. The zero-order valence-electron chi connectivity index (χ0n) is 10.1. The number of methoxy groups -OCH3 is 1. The van der Waals surface area contributed by atoms with Gasteiger partial charge in [-0.25, -0.2) is 9.97 Å². The van der Waals surface area contributed by atoms with E-state index in [1.165, 1.54) is 6.33 Å². The monoisotopic (exact) mass is 225 g/mol. The molecule has 1 N–H and O–H groups in total. The third-order valence-electron chi connectivity index (χ3n) is 1.87. The smallest absolute Gasteiger partial charge is 0.218 e. The standard InChI is InChI=1S/C11H19N3O2/c1-9(2)7-12-10-6-11(14-8-13-10)16-5-4-15-3/h6,8-9H,4-5,7H2,1-3H3,(H,12,13,14). The number of hydrogen-bond acceptors (Lipinski definition) is 5. The molecule has 0 unspecified atom stereocenters. The SMILES string of the molecule is COCCOc1cc(NCC(C)C)ncn1. The molecular weight excluding hydrogens is 206 g/mol. The molecule has 0 aliphatic rings.